The Morgan fingerprint density at radius 2 is 1.75 bits per heavy atom. The van der Waals surface area contributed by atoms with E-state index in [1.54, 1.807) is 42.7 Å². The number of nitrogens with zero attached hydrogens (tertiary/aromatic N) is 2. The summed E-state index contributed by atoms with van der Waals surface area (Å²) in [5, 5.41) is 0.618. The summed E-state index contributed by atoms with van der Waals surface area (Å²) in [6.07, 6.45) is 3.46. The molecule has 0 saturated heterocycles. The molecule has 0 radical (unpaired) electrons. The summed E-state index contributed by atoms with van der Waals surface area (Å²) in [5.41, 5.74) is 0.622. The van der Waals surface area contributed by atoms with Crippen LogP contribution in [0.3, 0.4) is 0 Å². The van der Waals surface area contributed by atoms with Crippen molar-refractivity contribution in [3.05, 3.63) is 59.1 Å². The fraction of sp³-hybridized carbons (Fsp3) is 0.0833. The molecule has 0 spiro atoms. The van der Waals surface area contributed by atoms with Crippen LogP contribution in [0.25, 0.3) is 0 Å². The zero-order chi connectivity index (χ0) is 11.4. The highest BCUT2D eigenvalue weighted by Gasteiger charge is 2.08. The maximum absolute atomic E-state index is 11.8. The monoisotopic (exact) mass is 232 g/mol. The van der Waals surface area contributed by atoms with Crippen LogP contribution in [-0.2, 0) is 6.42 Å². The predicted molar refractivity (Wildman–Crippen MR) is 61.5 cm³/mol. The molecule has 0 atom stereocenters. The van der Waals surface area contributed by atoms with Crippen molar-refractivity contribution < 1.29 is 4.79 Å². The zero-order valence-corrected chi connectivity index (χ0v) is 9.19. The Balaban J connectivity index is 2.12. The maximum atomic E-state index is 11.8. The van der Waals surface area contributed by atoms with Gasteiger partial charge < -0.3 is 0 Å². The lowest BCUT2D eigenvalue weighted by molar-refractivity contribution is 0.0991. The van der Waals surface area contributed by atoms with E-state index in [4.69, 9.17) is 11.6 Å². The molecule has 0 fully saturated rings. The average Bonchev–Trinajstić information content (AvgIpc) is 2.31. The quantitative estimate of drug-likeness (QED) is 0.764. The first-order valence-electron chi connectivity index (χ1n) is 4.80. The van der Waals surface area contributed by atoms with Crippen LogP contribution in [0.5, 0.6) is 0 Å². The van der Waals surface area contributed by atoms with E-state index in [1.807, 2.05) is 0 Å². The molecule has 0 amide bonds. The van der Waals surface area contributed by atoms with E-state index < -0.39 is 0 Å². The summed E-state index contributed by atoms with van der Waals surface area (Å²) >= 11 is 5.74. The molecule has 0 aliphatic carbocycles. The van der Waals surface area contributed by atoms with Gasteiger partial charge in [0.15, 0.2) is 5.78 Å². The normalized spacial score (nSPS) is 10.1. The number of hydrogen-bond donors (Lipinski definition) is 0. The van der Waals surface area contributed by atoms with E-state index in [9.17, 15) is 4.79 Å². The van der Waals surface area contributed by atoms with E-state index in [2.05, 4.69) is 9.97 Å². The number of Topliss-reactive ketones (excluding diaryl/α,β-unsaturated/α-hetero) is 1. The summed E-state index contributed by atoms with van der Waals surface area (Å²) in [6.45, 7) is 0. The Morgan fingerprint density at radius 3 is 2.38 bits per heavy atom. The van der Waals surface area contributed by atoms with Crippen molar-refractivity contribution in [2.75, 3.05) is 0 Å². The van der Waals surface area contributed by atoms with Gasteiger partial charge in [-0.25, -0.2) is 9.97 Å². The molecule has 1 heterocycles. The number of ketones is 1. The second kappa shape index (κ2) is 4.86. The van der Waals surface area contributed by atoms with Gasteiger partial charge in [0.05, 0.1) is 6.42 Å². The second-order valence-corrected chi connectivity index (χ2v) is 3.71. The van der Waals surface area contributed by atoms with Crippen molar-refractivity contribution in [2.45, 2.75) is 6.42 Å². The van der Waals surface area contributed by atoms with Gasteiger partial charge in [0.1, 0.15) is 5.82 Å². The molecule has 0 aliphatic rings. The van der Waals surface area contributed by atoms with Crippen molar-refractivity contribution in [3.63, 3.8) is 0 Å². The molecule has 16 heavy (non-hydrogen) atoms. The molecule has 3 nitrogen and oxygen atoms in total. The zero-order valence-electron chi connectivity index (χ0n) is 8.43. The molecular weight excluding hydrogens is 224 g/mol. The first-order valence-corrected chi connectivity index (χ1v) is 5.18. The first kappa shape index (κ1) is 10.8. The number of rotatable bonds is 3. The van der Waals surface area contributed by atoms with Gasteiger partial charge >= 0.3 is 0 Å². The van der Waals surface area contributed by atoms with Gasteiger partial charge in [0.2, 0.25) is 0 Å². The Morgan fingerprint density at radius 1 is 1.12 bits per heavy atom. The Hall–Kier alpha value is -1.74. The molecule has 0 N–H and O–H groups in total. The molecule has 0 aliphatic heterocycles. The van der Waals surface area contributed by atoms with Crippen molar-refractivity contribution >= 4 is 17.4 Å². The topological polar surface area (TPSA) is 42.9 Å². The van der Waals surface area contributed by atoms with E-state index in [0.717, 1.165) is 0 Å². The number of halogens is 1. The van der Waals surface area contributed by atoms with E-state index in [-0.39, 0.29) is 12.2 Å². The third kappa shape index (κ3) is 2.64. The molecule has 0 saturated carbocycles. The van der Waals surface area contributed by atoms with Crippen molar-refractivity contribution in [3.8, 4) is 0 Å². The predicted octanol–water partition coefficient (Wildman–Crippen LogP) is 2.56. The number of benzene rings is 1. The highest BCUT2D eigenvalue weighted by Crippen LogP contribution is 2.11. The molecule has 4 heteroatoms. The number of aromatic nitrogens is 2. The summed E-state index contributed by atoms with van der Waals surface area (Å²) in [5.74, 6) is 0.519. The summed E-state index contributed by atoms with van der Waals surface area (Å²) < 4.78 is 0. The van der Waals surface area contributed by atoms with Gasteiger partial charge in [-0.05, 0) is 30.3 Å². The Bertz CT molecular complexity index is 482. The molecule has 80 valence electrons. The SMILES string of the molecule is O=C(Cc1ncccn1)c1ccc(Cl)cc1. The van der Waals surface area contributed by atoms with Gasteiger partial charge in [0.25, 0.3) is 0 Å². The standard InChI is InChI=1S/C12H9ClN2O/c13-10-4-2-9(3-5-10)11(16)8-12-14-6-1-7-15-12/h1-7H,8H2. The number of hydrogen-bond acceptors (Lipinski definition) is 3. The van der Waals surface area contributed by atoms with E-state index in [0.29, 0.717) is 16.4 Å². The molecule has 0 unspecified atom stereocenters. The third-order valence-electron chi connectivity index (χ3n) is 2.10. The number of carbonyl (C=O) groups excluding carboxylic acids is 1. The van der Waals surface area contributed by atoms with E-state index >= 15 is 0 Å². The smallest absolute Gasteiger partial charge is 0.170 e. The van der Waals surface area contributed by atoms with Crippen LogP contribution in [0.4, 0.5) is 0 Å². The minimum absolute atomic E-state index is 0.0112. The lowest BCUT2D eigenvalue weighted by Crippen LogP contribution is -2.06. The third-order valence-corrected chi connectivity index (χ3v) is 2.36. The van der Waals surface area contributed by atoms with Crippen LogP contribution >= 0.6 is 11.6 Å². The highest BCUT2D eigenvalue weighted by atomic mass is 35.5. The summed E-state index contributed by atoms with van der Waals surface area (Å²) in [4.78, 5) is 19.8. The van der Waals surface area contributed by atoms with Gasteiger partial charge in [-0.3, -0.25) is 4.79 Å². The Labute approximate surface area is 98.1 Å². The Kier molecular flexibility index (Phi) is 3.27. The molecule has 1 aromatic carbocycles. The molecule has 1 aromatic heterocycles. The van der Waals surface area contributed by atoms with Crippen LogP contribution in [0.1, 0.15) is 16.2 Å². The fourth-order valence-corrected chi connectivity index (χ4v) is 1.43. The van der Waals surface area contributed by atoms with Gasteiger partial charge in [-0.15, -0.1) is 0 Å². The average molecular weight is 233 g/mol. The van der Waals surface area contributed by atoms with Gasteiger partial charge in [0, 0.05) is 23.0 Å². The van der Waals surface area contributed by atoms with Crippen LogP contribution < -0.4 is 0 Å². The van der Waals surface area contributed by atoms with Crippen molar-refractivity contribution in [1.29, 1.82) is 0 Å². The minimum atomic E-state index is -0.0112. The molecular formula is C12H9ClN2O. The van der Waals surface area contributed by atoms with Crippen LogP contribution in [0.15, 0.2) is 42.7 Å². The fourth-order valence-electron chi connectivity index (χ4n) is 1.30. The van der Waals surface area contributed by atoms with Crippen molar-refractivity contribution in [1.82, 2.24) is 9.97 Å². The number of carbonyl (C=O) groups is 1. The van der Waals surface area contributed by atoms with Crippen LogP contribution in [0, 0.1) is 0 Å². The van der Waals surface area contributed by atoms with Gasteiger partial charge in [-0.2, -0.15) is 0 Å². The largest absolute Gasteiger partial charge is 0.294 e. The highest BCUT2D eigenvalue weighted by molar-refractivity contribution is 6.30. The lowest BCUT2D eigenvalue weighted by Gasteiger charge is -1.99. The first-order chi connectivity index (χ1) is 7.75. The lowest BCUT2D eigenvalue weighted by atomic mass is 10.1. The molecule has 2 rings (SSSR count). The van der Waals surface area contributed by atoms with Crippen LogP contribution in [0.2, 0.25) is 5.02 Å². The van der Waals surface area contributed by atoms with Crippen LogP contribution in [-0.4, -0.2) is 15.8 Å². The summed E-state index contributed by atoms with van der Waals surface area (Å²) in [7, 11) is 0. The van der Waals surface area contributed by atoms with Crippen molar-refractivity contribution in [2.24, 2.45) is 0 Å². The van der Waals surface area contributed by atoms with E-state index in [1.165, 1.54) is 0 Å². The molecule has 0 bridgehead atoms. The minimum Gasteiger partial charge on any atom is -0.294 e. The molecule has 2 aromatic rings. The maximum Gasteiger partial charge on any atom is 0.170 e. The van der Waals surface area contributed by atoms with Gasteiger partial charge in [-0.1, -0.05) is 11.6 Å². The second-order valence-electron chi connectivity index (χ2n) is 3.27. The summed E-state index contributed by atoms with van der Waals surface area (Å²) in [6, 6.07) is 8.51.